The third-order valence-corrected chi connectivity index (χ3v) is 8.56. The van der Waals surface area contributed by atoms with Crippen LogP contribution in [0.4, 0.5) is 11.4 Å². The molecular weight excluding hydrogens is 606 g/mol. The fraction of sp³-hybridized carbons (Fsp3) is 0.133. The van der Waals surface area contributed by atoms with E-state index in [-0.39, 0.29) is 22.6 Å². The highest BCUT2D eigenvalue weighted by molar-refractivity contribution is 7.89. The molecule has 4 aromatic carbocycles. The molecule has 0 radical (unpaired) electrons. The molecule has 1 saturated heterocycles. The van der Waals surface area contributed by atoms with Gasteiger partial charge in [0.05, 0.1) is 26.4 Å². The first kappa shape index (κ1) is 30.8. The van der Waals surface area contributed by atoms with Crippen molar-refractivity contribution in [2.75, 3.05) is 0 Å². The molecule has 14 nitrogen and oxygen atoms in total. The Morgan fingerprint density at radius 3 is 2.02 bits per heavy atom. The van der Waals surface area contributed by atoms with E-state index in [1.807, 2.05) is 0 Å². The molecule has 0 aliphatic carbocycles. The molecule has 5 rings (SSSR count). The molecule has 0 bridgehead atoms. The van der Waals surface area contributed by atoms with Crippen molar-refractivity contribution >= 4 is 33.2 Å². The van der Waals surface area contributed by atoms with Crippen molar-refractivity contribution in [2.24, 2.45) is 0 Å². The van der Waals surface area contributed by atoms with Gasteiger partial charge in [-0.05, 0) is 37.1 Å². The summed E-state index contributed by atoms with van der Waals surface area (Å²) in [5.41, 5.74) is -0.407. The predicted octanol–water partition coefficient (Wildman–Crippen LogP) is 4.01. The van der Waals surface area contributed by atoms with Crippen molar-refractivity contribution in [3.63, 3.8) is 0 Å². The summed E-state index contributed by atoms with van der Waals surface area (Å²) in [5, 5.41) is 35.3. The van der Waals surface area contributed by atoms with Crippen molar-refractivity contribution in [1.82, 2.24) is 14.7 Å². The lowest BCUT2D eigenvalue weighted by Gasteiger charge is -2.19. The highest BCUT2D eigenvalue weighted by Gasteiger charge is 2.56. The Labute approximate surface area is 256 Å². The highest BCUT2D eigenvalue weighted by Crippen LogP contribution is 2.46. The molecule has 230 valence electrons. The van der Waals surface area contributed by atoms with Crippen LogP contribution in [0.15, 0.2) is 102 Å². The fourth-order valence-electron chi connectivity index (χ4n) is 4.80. The van der Waals surface area contributed by atoms with Gasteiger partial charge in [0.2, 0.25) is 10.0 Å². The van der Waals surface area contributed by atoms with E-state index in [1.165, 1.54) is 30.3 Å². The van der Waals surface area contributed by atoms with Gasteiger partial charge in [-0.1, -0.05) is 66.2 Å². The van der Waals surface area contributed by atoms with E-state index in [2.05, 4.69) is 4.72 Å². The minimum Gasteiger partial charge on any atom is -0.508 e. The Hall–Kier alpha value is -5.67. The van der Waals surface area contributed by atoms with Crippen LogP contribution in [-0.2, 0) is 21.2 Å². The Kier molecular flexibility index (Phi) is 8.30. The van der Waals surface area contributed by atoms with Gasteiger partial charge >= 0.3 is 0 Å². The van der Waals surface area contributed by atoms with E-state index < -0.39 is 60.8 Å². The summed E-state index contributed by atoms with van der Waals surface area (Å²) in [4.78, 5) is 49.0. The van der Waals surface area contributed by atoms with E-state index in [1.54, 1.807) is 55.5 Å². The second kappa shape index (κ2) is 12.1. The summed E-state index contributed by atoms with van der Waals surface area (Å²) < 4.78 is 29.2. The number of phenols is 1. The highest BCUT2D eigenvalue weighted by atomic mass is 32.2. The monoisotopic (exact) mass is 631 g/mol. The van der Waals surface area contributed by atoms with Gasteiger partial charge in [-0.2, -0.15) is 4.72 Å². The van der Waals surface area contributed by atoms with Crippen LogP contribution < -0.4 is 4.72 Å². The lowest BCUT2D eigenvalue weighted by molar-refractivity contribution is -0.394. The third-order valence-electron chi connectivity index (χ3n) is 7.07. The number of nitro benzene ring substituents is 2. The molecule has 1 aliphatic rings. The number of nitrogens with one attached hydrogen (secondary N) is 1. The maximum absolute atomic E-state index is 14.2. The number of hydrazine groups is 1. The minimum atomic E-state index is -4.26. The van der Waals surface area contributed by atoms with Crippen LogP contribution >= 0.6 is 0 Å². The summed E-state index contributed by atoms with van der Waals surface area (Å²) >= 11 is 0. The molecule has 1 fully saturated rings. The van der Waals surface area contributed by atoms with Crippen LogP contribution in [0.2, 0.25) is 0 Å². The number of carbonyl (C=O) groups excluding carboxylic acids is 2. The number of rotatable bonds is 10. The number of hydrogen-bond acceptors (Lipinski definition) is 9. The number of non-ortho nitro benzene ring substituents is 2. The number of hydrogen-bond donors (Lipinski definition) is 2. The third kappa shape index (κ3) is 6.48. The van der Waals surface area contributed by atoms with Gasteiger partial charge in [0.1, 0.15) is 11.8 Å². The van der Waals surface area contributed by atoms with E-state index in [0.717, 1.165) is 27.7 Å². The molecular formula is C30H25N5O9S. The Morgan fingerprint density at radius 1 is 0.867 bits per heavy atom. The molecule has 2 N–H and O–H groups in total. The van der Waals surface area contributed by atoms with Gasteiger partial charge in [-0.25, -0.2) is 18.4 Å². The first-order valence-corrected chi connectivity index (χ1v) is 14.9. The van der Waals surface area contributed by atoms with E-state index >= 15 is 0 Å². The standard InChI is InChI=1S/C30H25N5O9S/c1-19-11-13-24(14-12-19)45(43,44)31-26(15-20-7-3-2-4-8-20)30(38)33-28(25-9-5-6-10-27(25)36)32(33)29(37)21-16-22(34(39)40)18-23(17-21)35(41)42/h2-14,16-18,26,28,31,36H,15H2,1H3. The second-order valence-corrected chi connectivity index (χ2v) is 11.9. The molecule has 2 atom stereocenters. The molecule has 15 heteroatoms. The molecule has 0 spiro atoms. The van der Waals surface area contributed by atoms with Gasteiger partial charge in [0.25, 0.3) is 23.2 Å². The number of nitro groups is 2. The van der Waals surface area contributed by atoms with E-state index in [9.17, 15) is 43.3 Å². The summed E-state index contributed by atoms with van der Waals surface area (Å²) in [7, 11) is -4.26. The zero-order valence-corrected chi connectivity index (χ0v) is 24.3. The van der Waals surface area contributed by atoms with Crippen LogP contribution in [0.1, 0.15) is 33.2 Å². The second-order valence-electron chi connectivity index (χ2n) is 10.2. The summed E-state index contributed by atoms with van der Waals surface area (Å²) in [6, 6.07) is 21.2. The number of nitrogens with zero attached hydrogens (tertiary/aromatic N) is 4. The summed E-state index contributed by atoms with van der Waals surface area (Å²) in [6.07, 6.45) is -1.38. The van der Waals surface area contributed by atoms with Crippen LogP contribution in [-0.4, -0.2) is 51.2 Å². The predicted molar refractivity (Wildman–Crippen MR) is 159 cm³/mol. The number of benzene rings is 4. The lowest BCUT2D eigenvalue weighted by atomic mass is 10.1. The number of amides is 2. The average Bonchev–Trinajstić information content (AvgIpc) is 3.75. The van der Waals surface area contributed by atoms with Crippen LogP contribution in [0, 0.1) is 27.2 Å². The number of phenolic OH excluding ortho intramolecular Hbond substituents is 1. The number of aromatic hydroxyl groups is 1. The normalized spacial score (nSPS) is 14.9. The SMILES string of the molecule is Cc1ccc(S(=O)(=O)NC(Cc2ccccc2)C(=O)N2C(c3ccccc3O)N2C(=O)c2cc([N+](=O)[O-])cc([N+](=O)[O-])c2)cc1. The maximum Gasteiger partial charge on any atom is 0.277 e. The topological polar surface area (TPSA) is 193 Å². The lowest BCUT2D eigenvalue weighted by Crippen LogP contribution is -2.46. The Bertz CT molecular complexity index is 1890. The Balaban J connectivity index is 1.56. The first-order chi connectivity index (χ1) is 21.4. The van der Waals surface area contributed by atoms with Crippen molar-refractivity contribution < 1.29 is 33.0 Å². The molecule has 4 aromatic rings. The molecule has 1 aliphatic heterocycles. The average molecular weight is 632 g/mol. The molecule has 2 amide bonds. The molecule has 45 heavy (non-hydrogen) atoms. The molecule has 1 heterocycles. The summed E-state index contributed by atoms with van der Waals surface area (Å²) in [5.74, 6) is -2.19. The van der Waals surface area contributed by atoms with Crippen molar-refractivity contribution in [3.05, 3.63) is 140 Å². The van der Waals surface area contributed by atoms with Gasteiger partial charge in [-0.15, -0.1) is 0 Å². The number of aryl methyl sites for hydroxylation is 1. The van der Waals surface area contributed by atoms with Crippen LogP contribution in [0.5, 0.6) is 5.75 Å². The number of sulfonamides is 1. The molecule has 2 unspecified atom stereocenters. The van der Waals surface area contributed by atoms with Gasteiger partial charge < -0.3 is 5.11 Å². The largest absolute Gasteiger partial charge is 0.508 e. The van der Waals surface area contributed by atoms with Crippen LogP contribution in [0.3, 0.4) is 0 Å². The van der Waals surface area contributed by atoms with Crippen molar-refractivity contribution in [1.29, 1.82) is 0 Å². The van der Waals surface area contributed by atoms with E-state index in [0.29, 0.717) is 11.6 Å². The smallest absolute Gasteiger partial charge is 0.277 e. The zero-order valence-electron chi connectivity index (χ0n) is 23.5. The van der Waals surface area contributed by atoms with Gasteiger partial charge in [0.15, 0.2) is 6.17 Å². The van der Waals surface area contributed by atoms with Gasteiger partial charge in [0, 0.05) is 17.7 Å². The fourth-order valence-corrected chi connectivity index (χ4v) is 5.99. The number of carbonyl (C=O) groups is 2. The summed E-state index contributed by atoms with van der Waals surface area (Å²) in [6.45, 7) is 1.78. The number of para-hydroxylation sites is 1. The quantitative estimate of drug-likeness (QED) is 0.148. The van der Waals surface area contributed by atoms with E-state index in [4.69, 9.17) is 0 Å². The van der Waals surface area contributed by atoms with Gasteiger partial charge in [-0.3, -0.25) is 29.8 Å². The maximum atomic E-state index is 14.2. The van der Waals surface area contributed by atoms with Crippen molar-refractivity contribution in [3.8, 4) is 5.75 Å². The van der Waals surface area contributed by atoms with Crippen molar-refractivity contribution in [2.45, 2.75) is 30.4 Å². The molecule has 0 saturated carbocycles. The zero-order chi connectivity index (χ0) is 32.5. The molecule has 0 aromatic heterocycles. The van der Waals surface area contributed by atoms with Crippen LogP contribution in [0.25, 0.3) is 0 Å². The first-order valence-electron chi connectivity index (χ1n) is 13.4. The Morgan fingerprint density at radius 2 is 1.44 bits per heavy atom. The minimum absolute atomic E-state index is 0.0963.